The summed E-state index contributed by atoms with van der Waals surface area (Å²) in [4.78, 5) is 2.35. The van der Waals surface area contributed by atoms with Crippen molar-refractivity contribution in [2.45, 2.75) is 6.61 Å². The zero-order chi connectivity index (χ0) is 19.4. The monoisotopic (exact) mass is 398 g/mol. The average molecular weight is 399 g/mol. The standard InChI is InChI=1S/C21H26N4O2S/c28-21(22-9-10-25-11-13-26-14-12-25)24-23-16-19-7-4-8-20(15-19)27-17-18-5-2-1-3-6-18/h1-8,15-16H,9-14,17H2,(H2,22,24,28)/b23-16+. The van der Waals surface area contributed by atoms with Crippen molar-refractivity contribution in [3.8, 4) is 5.75 Å². The maximum atomic E-state index is 5.84. The normalized spacial score (nSPS) is 14.7. The number of ether oxygens (including phenoxy) is 2. The Hall–Kier alpha value is -2.48. The van der Waals surface area contributed by atoms with Gasteiger partial charge in [0.25, 0.3) is 0 Å². The first-order valence-corrected chi connectivity index (χ1v) is 9.84. The van der Waals surface area contributed by atoms with Gasteiger partial charge in [0, 0.05) is 26.2 Å². The van der Waals surface area contributed by atoms with Gasteiger partial charge >= 0.3 is 0 Å². The third-order valence-corrected chi connectivity index (χ3v) is 4.54. The number of morpholine rings is 1. The predicted octanol–water partition coefficient (Wildman–Crippen LogP) is 2.40. The van der Waals surface area contributed by atoms with Crippen LogP contribution < -0.4 is 15.5 Å². The summed E-state index contributed by atoms with van der Waals surface area (Å²) in [6.07, 6.45) is 1.73. The third kappa shape index (κ3) is 7.26. The van der Waals surface area contributed by atoms with E-state index in [1.807, 2.05) is 54.6 Å². The van der Waals surface area contributed by atoms with Gasteiger partial charge in [-0.1, -0.05) is 42.5 Å². The van der Waals surface area contributed by atoms with Gasteiger partial charge in [-0.3, -0.25) is 10.3 Å². The molecule has 1 heterocycles. The lowest BCUT2D eigenvalue weighted by molar-refractivity contribution is 0.0389. The maximum Gasteiger partial charge on any atom is 0.187 e. The van der Waals surface area contributed by atoms with Crippen molar-refractivity contribution in [3.63, 3.8) is 0 Å². The molecular weight excluding hydrogens is 372 g/mol. The molecule has 0 unspecified atom stereocenters. The molecule has 1 aliphatic rings. The van der Waals surface area contributed by atoms with Gasteiger partial charge in [-0.2, -0.15) is 5.10 Å². The van der Waals surface area contributed by atoms with E-state index in [1.165, 1.54) is 0 Å². The van der Waals surface area contributed by atoms with Crippen molar-refractivity contribution in [2.24, 2.45) is 5.10 Å². The van der Waals surface area contributed by atoms with Gasteiger partial charge in [0.15, 0.2) is 5.11 Å². The molecule has 1 saturated heterocycles. The van der Waals surface area contributed by atoms with Crippen molar-refractivity contribution in [3.05, 3.63) is 65.7 Å². The lowest BCUT2D eigenvalue weighted by Crippen LogP contribution is -2.42. The summed E-state index contributed by atoms with van der Waals surface area (Å²) in [5, 5.41) is 7.88. The average Bonchev–Trinajstić information content (AvgIpc) is 2.74. The zero-order valence-electron chi connectivity index (χ0n) is 15.8. The topological polar surface area (TPSA) is 58.1 Å². The molecule has 0 spiro atoms. The summed E-state index contributed by atoms with van der Waals surface area (Å²) in [5.74, 6) is 0.805. The Morgan fingerprint density at radius 3 is 2.79 bits per heavy atom. The minimum Gasteiger partial charge on any atom is -0.489 e. The second kappa shape index (κ2) is 11.4. The molecule has 1 aliphatic heterocycles. The largest absolute Gasteiger partial charge is 0.489 e. The summed E-state index contributed by atoms with van der Waals surface area (Å²) >= 11 is 5.25. The van der Waals surface area contributed by atoms with Crippen LogP contribution in [0.2, 0.25) is 0 Å². The SMILES string of the molecule is S=C(NCCN1CCOCC1)N/N=C/c1cccc(OCc2ccccc2)c1. The highest BCUT2D eigenvalue weighted by molar-refractivity contribution is 7.80. The van der Waals surface area contributed by atoms with Crippen LogP contribution in [-0.2, 0) is 11.3 Å². The number of benzene rings is 2. The van der Waals surface area contributed by atoms with E-state index < -0.39 is 0 Å². The van der Waals surface area contributed by atoms with Crippen molar-refractivity contribution in [1.82, 2.24) is 15.6 Å². The summed E-state index contributed by atoms with van der Waals surface area (Å²) in [5.41, 5.74) is 4.93. The first-order chi connectivity index (χ1) is 13.8. The van der Waals surface area contributed by atoms with E-state index in [4.69, 9.17) is 21.7 Å². The molecule has 0 atom stereocenters. The van der Waals surface area contributed by atoms with Gasteiger partial charge in [0.2, 0.25) is 0 Å². The Kier molecular flexibility index (Phi) is 8.24. The molecule has 6 nitrogen and oxygen atoms in total. The van der Waals surface area contributed by atoms with Crippen LogP contribution in [0.15, 0.2) is 59.7 Å². The van der Waals surface area contributed by atoms with Gasteiger partial charge in [0.1, 0.15) is 12.4 Å². The minimum atomic E-state index is 0.515. The van der Waals surface area contributed by atoms with Gasteiger partial charge in [-0.05, 0) is 35.5 Å². The summed E-state index contributed by atoms with van der Waals surface area (Å²) in [7, 11) is 0. The lowest BCUT2D eigenvalue weighted by atomic mass is 10.2. The lowest BCUT2D eigenvalue weighted by Gasteiger charge is -2.26. The Bertz CT molecular complexity index is 764. The van der Waals surface area contributed by atoms with Gasteiger partial charge in [0.05, 0.1) is 19.4 Å². The Balaban J connectivity index is 1.38. The molecule has 0 saturated carbocycles. The highest BCUT2D eigenvalue weighted by atomic mass is 32.1. The number of nitrogens with one attached hydrogen (secondary N) is 2. The van der Waals surface area contributed by atoms with Crippen LogP contribution >= 0.6 is 12.2 Å². The number of hydrogen-bond acceptors (Lipinski definition) is 5. The number of hydrazone groups is 1. The Morgan fingerprint density at radius 1 is 1.14 bits per heavy atom. The molecule has 148 valence electrons. The van der Waals surface area contributed by atoms with E-state index in [0.29, 0.717) is 11.7 Å². The number of hydrogen-bond donors (Lipinski definition) is 2. The van der Waals surface area contributed by atoms with Gasteiger partial charge < -0.3 is 14.8 Å². The quantitative estimate of drug-likeness (QED) is 0.405. The number of thiocarbonyl (C=S) groups is 1. The second-order valence-electron chi connectivity index (χ2n) is 6.43. The van der Waals surface area contributed by atoms with Crippen LogP contribution in [0.1, 0.15) is 11.1 Å². The number of nitrogens with zero attached hydrogens (tertiary/aromatic N) is 2. The smallest absolute Gasteiger partial charge is 0.187 e. The fraction of sp³-hybridized carbons (Fsp3) is 0.333. The molecule has 28 heavy (non-hydrogen) atoms. The van der Waals surface area contributed by atoms with Gasteiger partial charge in [-0.15, -0.1) is 0 Å². The molecule has 2 N–H and O–H groups in total. The van der Waals surface area contributed by atoms with Crippen LogP contribution in [0.25, 0.3) is 0 Å². The maximum absolute atomic E-state index is 5.84. The van der Waals surface area contributed by atoms with Crippen LogP contribution in [-0.4, -0.2) is 55.6 Å². The molecule has 1 fully saturated rings. The van der Waals surface area contributed by atoms with Crippen LogP contribution in [0.3, 0.4) is 0 Å². The first-order valence-electron chi connectivity index (χ1n) is 9.43. The third-order valence-electron chi connectivity index (χ3n) is 4.30. The molecular formula is C21H26N4O2S. The Morgan fingerprint density at radius 2 is 1.96 bits per heavy atom. The van der Waals surface area contributed by atoms with E-state index in [9.17, 15) is 0 Å². The van der Waals surface area contributed by atoms with Crippen LogP contribution in [0.5, 0.6) is 5.75 Å². The molecule has 0 bridgehead atoms. The first kappa shape index (κ1) is 20.3. The molecule has 0 aromatic heterocycles. The fourth-order valence-electron chi connectivity index (χ4n) is 2.78. The van der Waals surface area contributed by atoms with E-state index in [0.717, 1.165) is 56.3 Å². The summed E-state index contributed by atoms with van der Waals surface area (Å²) < 4.78 is 11.2. The van der Waals surface area contributed by atoms with E-state index in [1.54, 1.807) is 6.21 Å². The van der Waals surface area contributed by atoms with Crippen molar-refractivity contribution in [2.75, 3.05) is 39.4 Å². The molecule has 3 rings (SSSR count). The minimum absolute atomic E-state index is 0.515. The van der Waals surface area contributed by atoms with Gasteiger partial charge in [-0.25, -0.2) is 0 Å². The van der Waals surface area contributed by atoms with E-state index in [-0.39, 0.29) is 0 Å². The van der Waals surface area contributed by atoms with Crippen molar-refractivity contribution in [1.29, 1.82) is 0 Å². The highest BCUT2D eigenvalue weighted by Gasteiger charge is 2.09. The zero-order valence-corrected chi connectivity index (χ0v) is 16.7. The van der Waals surface area contributed by atoms with Crippen molar-refractivity contribution >= 4 is 23.5 Å². The van der Waals surface area contributed by atoms with E-state index in [2.05, 4.69) is 20.7 Å². The predicted molar refractivity (Wildman–Crippen MR) is 116 cm³/mol. The number of rotatable bonds is 8. The fourth-order valence-corrected chi connectivity index (χ4v) is 2.94. The molecule has 0 amide bonds. The highest BCUT2D eigenvalue weighted by Crippen LogP contribution is 2.14. The summed E-state index contributed by atoms with van der Waals surface area (Å²) in [6, 6.07) is 17.9. The molecule has 2 aromatic rings. The van der Waals surface area contributed by atoms with E-state index >= 15 is 0 Å². The Labute approximate surface area is 171 Å². The van der Waals surface area contributed by atoms with Crippen LogP contribution in [0, 0.1) is 0 Å². The summed E-state index contributed by atoms with van der Waals surface area (Å²) in [6.45, 7) is 5.82. The van der Waals surface area contributed by atoms with Crippen molar-refractivity contribution < 1.29 is 9.47 Å². The molecule has 0 radical (unpaired) electrons. The molecule has 0 aliphatic carbocycles. The second-order valence-corrected chi connectivity index (χ2v) is 6.83. The molecule has 7 heteroatoms. The molecule has 2 aromatic carbocycles. The van der Waals surface area contributed by atoms with Crippen LogP contribution in [0.4, 0.5) is 0 Å².